The van der Waals surface area contributed by atoms with Crippen molar-refractivity contribution < 1.29 is 24.0 Å². The number of carbonyl (C=O) groups excluding carboxylic acids is 1. The van der Waals surface area contributed by atoms with Crippen molar-refractivity contribution in [1.82, 2.24) is 15.2 Å². The quantitative estimate of drug-likeness (QED) is 0.410. The van der Waals surface area contributed by atoms with Gasteiger partial charge in [0.25, 0.3) is 5.69 Å². The molecular formula is C21H21FN4O5. The Labute approximate surface area is 178 Å². The summed E-state index contributed by atoms with van der Waals surface area (Å²) in [5, 5.41) is 22.9. The van der Waals surface area contributed by atoms with E-state index in [0.717, 1.165) is 12.1 Å². The number of non-ortho nitro benzene ring substituents is 1. The lowest BCUT2D eigenvalue weighted by molar-refractivity contribution is -0.385. The molecule has 2 aromatic rings. The van der Waals surface area contributed by atoms with Gasteiger partial charge in [0, 0.05) is 37.6 Å². The number of aliphatic hydroxyl groups excluding tert-OH is 1. The Morgan fingerprint density at radius 3 is 2.84 bits per heavy atom. The minimum atomic E-state index is -0.873. The van der Waals surface area contributed by atoms with Crippen molar-refractivity contribution in [3.63, 3.8) is 0 Å². The van der Waals surface area contributed by atoms with Crippen molar-refractivity contribution in [2.24, 2.45) is 0 Å². The lowest BCUT2D eigenvalue weighted by Gasteiger charge is -2.28. The van der Waals surface area contributed by atoms with Crippen LogP contribution in [0.15, 0.2) is 36.7 Å². The summed E-state index contributed by atoms with van der Waals surface area (Å²) in [6, 6.07) is 4.59. The van der Waals surface area contributed by atoms with Gasteiger partial charge in [0.1, 0.15) is 5.75 Å². The van der Waals surface area contributed by atoms with E-state index < -0.39 is 10.7 Å². The molecule has 31 heavy (non-hydrogen) atoms. The first-order valence-electron chi connectivity index (χ1n) is 9.64. The van der Waals surface area contributed by atoms with Crippen molar-refractivity contribution in [2.45, 2.75) is 18.9 Å². The molecule has 2 heterocycles. The second kappa shape index (κ2) is 10.5. The molecule has 1 saturated heterocycles. The molecule has 1 aromatic heterocycles. The molecule has 0 saturated carbocycles. The number of pyridine rings is 1. The van der Waals surface area contributed by atoms with Crippen molar-refractivity contribution in [3.05, 3.63) is 58.2 Å². The van der Waals surface area contributed by atoms with Crippen LogP contribution in [0.3, 0.4) is 0 Å². The zero-order valence-electron chi connectivity index (χ0n) is 16.6. The Bertz CT molecular complexity index is 1010. The van der Waals surface area contributed by atoms with E-state index in [-0.39, 0.29) is 42.3 Å². The average molecular weight is 428 g/mol. The number of likely N-dealkylation sites (tertiary alicyclic amines) is 1. The third-order valence-electron chi connectivity index (χ3n) is 4.65. The maximum atomic E-state index is 14.1. The van der Waals surface area contributed by atoms with Crippen LogP contribution in [0.5, 0.6) is 11.5 Å². The second-order valence-corrected chi connectivity index (χ2v) is 6.93. The lowest BCUT2D eigenvalue weighted by atomic mass is 10.1. The van der Waals surface area contributed by atoms with E-state index in [9.17, 15) is 24.4 Å². The first-order valence-corrected chi connectivity index (χ1v) is 9.64. The highest BCUT2D eigenvalue weighted by atomic mass is 19.1. The Balaban J connectivity index is 1.57. The molecule has 1 aromatic carbocycles. The van der Waals surface area contributed by atoms with Gasteiger partial charge >= 0.3 is 0 Å². The third kappa shape index (κ3) is 6.47. The van der Waals surface area contributed by atoms with Crippen LogP contribution >= 0.6 is 0 Å². The Morgan fingerprint density at radius 2 is 2.13 bits per heavy atom. The topological polar surface area (TPSA) is 118 Å². The van der Waals surface area contributed by atoms with Crippen molar-refractivity contribution in [3.8, 4) is 23.3 Å². The number of rotatable bonds is 6. The number of ether oxygens (including phenoxy) is 1. The van der Waals surface area contributed by atoms with E-state index in [2.05, 4.69) is 22.1 Å². The molecule has 1 aliphatic rings. The Hall–Kier alpha value is -3.55. The van der Waals surface area contributed by atoms with Crippen LogP contribution in [-0.2, 0) is 4.79 Å². The molecule has 0 atom stereocenters. The Morgan fingerprint density at radius 1 is 1.35 bits per heavy atom. The van der Waals surface area contributed by atoms with E-state index in [1.54, 1.807) is 0 Å². The van der Waals surface area contributed by atoms with Crippen LogP contribution < -0.4 is 10.1 Å². The number of halogens is 1. The van der Waals surface area contributed by atoms with Gasteiger partial charge in [-0.25, -0.2) is 4.39 Å². The van der Waals surface area contributed by atoms with Crippen LogP contribution in [-0.4, -0.2) is 58.1 Å². The fourth-order valence-electron chi connectivity index (χ4n) is 2.99. The Kier molecular flexibility index (Phi) is 7.48. The molecule has 0 spiro atoms. The summed E-state index contributed by atoms with van der Waals surface area (Å²) in [6.45, 7) is 1.70. The van der Waals surface area contributed by atoms with E-state index in [1.807, 2.05) is 4.90 Å². The minimum Gasteiger partial charge on any atom is -0.453 e. The van der Waals surface area contributed by atoms with Crippen LogP contribution in [0, 0.1) is 27.8 Å². The van der Waals surface area contributed by atoms with Gasteiger partial charge in [0.15, 0.2) is 11.6 Å². The van der Waals surface area contributed by atoms with Crippen molar-refractivity contribution in [1.29, 1.82) is 0 Å². The molecule has 0 aliphatic carbocycles. The zero-order chi connectivity index (χ0) is 22.2. The first-order chi connectivity index (χ1) is 14.9. The summed E-state index contributed by atoms with van der Waals surface area (Å²) in [5.74, 6) is 4.63. The van der Waals surface area contributed by atoms with Crippen LogP contribution in [0.25, 0.3) is 0 Å². The zero-order valence-corrected chi connectivity index (χ0v) is 16.6. The van der Waals surface area contributed by atoms with Gasteiger partial charge < -0.3 is 15.2 Å². The smallest absolute Gasteiger partial charge is 0.272 e. The average Bonchev–Trinajstić information content (AvgIpc) is 2.75. The number of nitrogens with one attached hydrogen (secondary N) is 1. The second-order valence-electron chi connectivity index (χ2n) is 6.93. The predicted octanol–water partition coefficient (Wildman–Crippen LogP) is 1.85. The van der Waals surface area contributed by atoms with E-state index in [4.69, 9.17) is 4.74 Å². The summed E-state index contributed by atoms with van der Waals surface area (Å²) < 4.78 is 19.6. The number of hydrogen-bond donors (Lipinski definition) is 2. The maximum absolute atomic E-state index is 14.1. The van der Waals surface area contributed by atoms with Gasteiger partial charge in [-0.1, -0.05) is 11.8 Å². The summed E-state index contributed by atoms with van der Waals surface area (Å²) in [6.07, 6.45) is 3.91. The number of aromatic nitrogens is 1. The third-order valence-corrected chi connectivity index (χ3v) is 4.65. The summed E-state index contributed by atoms with van der Waals surface area (Å²) in [4.78, 5) is 28.0. The molecule has 10 heteroatoms. The maximum Gasteiger partial charge on any atom is 0.272 e. The van der Waals surface area contributed by atoms with Crippen LogP contribution in [0.1, 0.15) is 18.4 Å². The number of nitrogens with zero attached hydrogens (tertiary/aromatic N) is 3. The van der Waals surface area contributed by atoms with Gasteiger partial charge in [0.2, 0.25) is 5.91 Å². The van der Waals surface area contributed by atoms with Gasteiger partial charge in [-0.3, -0.25) is 24.8 Å². The fourth-order valence-corrected chi connectivity index (χ4v) is 2.99. The number of benzene rings is 1. The largest absolute Gasteiger partial charge is 0.453 e. The van der Waals surface area contributed by atoms with Gasteiger partial charge in [0.05, 0.1) is 35.7 Å². The highest BCUT2D eigenvalue weighted by Crippen LogP contribution is 2.28. The molecule has 1 amide bonds. The highest BCUT2D eigenvalue weighted by molar-refractivity contribution is 5.78. The number of aliphatic hydroxyl groups is 1. The summed E-state index contributed by atoms with van der Waals surface area (Å²) in [7, 11) is 0. The SMILES string of the molecule is O=C(CN1CCC(O)CC1)NCC#Cc1cnccc1Oc1ccc([N+](=O)[O-])cc1F. The molecule has 9 nitrogen and oxygen atoms in total. The van der Waals surface area contributed by atoms with E-state index >= 15 is 0 Å². The number of piperidine rings is 1. The molecular weight excluding hydrogens is 407 g/mol. The summed E-state index contributed by atoms with van der Waals surface area (Å²) >= 11 is 0. The molecule has 0 radical (unpaired) electrons. The molecule has 162 valence electrons. The molecule has 0 unspecified atom stereocenters. The lowest BCUT2D eigenvalue weighted by Crippen LogP contribution is -2.42. The minimum absolute atomic E-state index is 0.107. The van der Waals surface area contributed by atoms with E-state index in [0.29, 0.717) is 31.5 Å². The predicted molar refractivity (Wildman–Crippen MR) is 109 cm³/mol. The standard InChI is InChI=1S/C21H21FN4O5/c22-18-12-16(26(29)30)3-4-20(18)31-19-5-9-23-13-15(19)2-1-8-24-21(28)14-25-10-6-17(27)7-11-25/h3-5,9,12-13,17,27H,6-8,10-11,14H2,(H,24,28). The number of amides is 1. The number of carbonyl (C=O) groups is 1. The van der Waals surface area contributed by atoms with Gasteiger partial charge in [-0.05, 0) is 18.9 Å². The van der Waals surface area contributed by atoms with E-state index in [1.165, 1.54) is 24.5 Å². The van der Waals surface area contributed by atoms with Crippen molar-refractivity contribution in [2.75, 3.05) is 26.2 Å². The van der Waals surface area contributed by atoms with Crippen molar-refractivity contribution >= 4 is 11.6 Å². The summed E-state index contributed by atoms with van der Waals surface area (Å²) in [5.41, 5.74) is -0.00409. The normalized spacial score (nSPS) is 14.4. The molecule has 3 rings (SSSR count). The van der Waals surface area contributed by atoms with Crippen LogP contribution in [0.2, 0.25) is 0 Å². The van der Waals surface area contributed by atoms with Gasteiger partial charge in [-0.2, -0.15) is 0 Å². The molecule has 1 fully saturated rings. The number of hydrogen-bond acceptors (Lipinski definition) is 7. The molecule has 0 bridgehead atoms. The monoisotopic (exact) mass is 428 g/mol. The fraction of sp³-hybridized carbons (Fsp3) is 0.333. The first kappa shape index (κ1) is 22.1. The number of nitro groups is 1. The molecule has 2 N–H and O–H groups in total. The highest BCUT2D eigenvalue weighted by Gasteiger charge is 2.18. The molecule has 1 aliphatic heterocycles. The van der Waals surface area contributed by atoms with Gasteiger partial charge in [-0.15, -0.1) is 0 Å². The van der Waals surface area contributed by atoms with Crippen LogP contribution in [0.4, 0.5) is 10.1 Å². The number of nitro benzene ring substituents is 1.